The smallest absolute Gasteiger partial charge is 0.303 e. The van der Waals surface area contributed by atoms with Crippen molar-refractivity contribution in [2.45, 2.75) is 24.2 Å². The van der Waals surface area contributed by atoms with E-state index in [4.69, 9.17) is 16.7 Å². The third-order valence-electron chi connectivity index (χ3n) is 3.83. The molecule has 2 heterocycles. The molecule has 0 fully saturated rings. The standard InChI is InChI=1S/C17H14ClIN2O4S/c18-16-9-8-15-14(20-16)10-12(2-1-3-17(22)23)21(15)26(24,25)13-6-4-11(19)5-7-13/h4-10H,1-3H2,(H,22,23). The van der Waals surface area contributed by atoms with Crippen LogP contribution in [0.1, 0.15) is 18.5 Å². The number of nitrogens with zero attached hydrogens (tertiary/aromatic N) is 2. The van der Waals surface area contributed by atoms with Gasteiger partial charge in [-0.25, -0.2) is 17.4 Å². The van der Waals surface area contributed by atoms with Crippen molar-refractivity contribution in [3.8, 4) is 0 Å². The maximum atomic E-state index is 13.2. The molecular formula is C17H14ClIN2O4S. The Balaban J connectivity index is 2.15. The van der Waals surface area contributed by atoms with Crippen molar-refractivity contribution in [1.29, 1.82) is 0 Å². The number of halogens is 2. The first-order chi connectivity index (χ1) is 12.3. The highest BCUT2D eigenvalue weighted by atomic mass is 127. The van der Waals surface area contributed by atoms with E-state index in [2.05, 4.69) is 27.6 Å². The van der Waals surface area contributed by atoms with Crippen molar-refractivity contribution < 1.29 is 18.3 Å². The number of carboxylic acid groups (broad SMARTS) is 1. The Kier molecular flexibility index (Phi) is 5.54. The predicted octanol–water partition coefficient (Wildman–Crippen LogP) is 3.94. The maximum Gasteiger partial charge on any atom is 0.303 e. The Morgan fingerprint density at radius 3 is 2.54 bits per heavy atom. The Morgan fingerprint density at radius 2 is 1.88 bits per heavy atom. The molecule has 0 aliphatic rings. The lowest BCUT2D eigenvalue weighted by atomic mass is 10.2. The topological polar surface area (TPSA) is 89.3 Å². The number of aryl methyl sites for hydroxylation is 1. The number of aromatic nitrogens is 2. The number of fused-ring (bicyclic) bond motifs is 1. The zero-order valence-electron chi connectivity index (χ0n) is 13.4. The van der Waals surface area contributed by atoms with Crippen LogP contribution in [-0.2, 0) is 21.2 Å². The molecular weight excluding hydrogens is 491 g/mol. The average Bonchev–Trinajstić information content (AvgIpc) is 2.92. The molecule has 0 atom stereocenters. The SMILES string of the molecule is O=C(O)CCCc1cc2nc(Cl)ccc2n1S(=O)(=O)c1ccc(I)cc1. The molecule has 0 amide bonds. The van der Waals surface area contributed by atoms with E-state index >= 15 is 0 Å². The van der Waals surface area contributed by atoms with Crippen LogP contribution in [0.2, 0.25) is 5.15 Å². The summed E-state index contributed by atoms with van der Waals surface area (Å²) in [6, 6.07) is 11.3. The number of aliphatic carboxylic acids is 1. The Labute approximate surface area is 169 Å². The fourth-order valence-electron chi connectivity index (χ4n) is 2.68. The molecule has 2 aromatic heterocycles. The molecule has 1 aromatic carbocycles. The van der Waals surface area contributed by atoms with Crippen LogP contribution in [0.25, 0.3) is 11.0 Å². The van der Waals surface area contributed by atoms with Crippen LogP contribution >= 0.6 is 34.2 Å². The minimum absolute atomic E-state index is 0.0424. The van der Waals surface area contributed by atoms with E-state index in [9.17, 15) is 13.2 Å². The van der Waals surface area contributed by atoms with Crippen LogP contribution in [0.5, 0.6) is 0 Å². The molecule has 0 aliphatic carbocycles. The van der Waals surface area contributed by atoms with E-state index in [1.54, 1.807) is 36.4 Å². The van der Waals surface area contributed by atoms with Gasteiger partial charge < -0.3 is 5.11 Å². The molecule has 9 heteroatoms. The third kappa shape index (κ3) is 3.86. The largest absolute Gasteiger partial charge is 0.481 e. The van der Waals surface area contributed by atoms with Crippen LogP contribution in [0.3, 0.4) is 0 Å². The summed E-state index contributed by atoms with van der Waals surface area (Å²) in [7, 11) is -3.85. The van der Waals surface area contributed by atoms with E-state index in [-0.39, 0.29) is 16.5 Å². The van der Waals surface area contributed by atoms with Gasteiger partial charge in [0.2, 0.25) is 0 Å². The van der Waals surface area contributed by atoms with Crippen LogP contribution in [0.15, 0.2) is 47.4 Å². The van der Waals surface area contributed by atoms with E-state index in [1.165, 1.54) is 10.0 Å². The summed E-state index contributed by atoms with van der Waals surface area (Å²) in [5, 5.41) is 9.11. The number of hydrogen-bond acceptors (Lipinski definition) is 4. The summed E-state index contributed by atoms with van der Waals surface area (Å²) < 4.78 is 28.6. The third-order valence-corrected chi connectivity index (χ3v) is 6.54. The van der Waals surface area contributed by atoms with Crippen molar-refractivity contribution in [3.05, 3.63) is 56.9 Å². The van der Waals surface area contributed by atoms with Gasteiger partial charge in [0.15, 0.2) is 0 Å². The van der Waals surface area contributed by atoms with Gasteiger partial charge in [-0.05, 0) is 77.9 Å². The summed E-state index contributed by atoms with van der Waals surface area (Å²) in [6.45, 7) is 0. The van der Waals surface area contributed by atoms with E-state index in [0.717, 1.165) is 3.57 Å². The highest BCUT2D eigenvalue weighted by Crippen LogP contribution is 2.27. The quantitative estimate of drug-likeness (QED) is 0.406. The average molecular weight is 505 g/mol. The molecule has 0 saturated carbocycles. The van der Waals surface area contributed by atoms with Gasteiger partial charge in [0, 0.05) is 15.7 Å². The van der Waals surface area contributed by atoms with E-state index < -0.39 is 16.0 Å². The Bertz CT molecular complexity index is 1080. The normalized spacial score (nSPS) is 11.8. The molecule has 26 heavy (non-hydrogen) atoms. The minimum atomic E-state index is -3.85. The lowest BCUT2D eigenvalue weighted by Crippen LogP contribution is -2.16. The fourth-order valence-corrected chi connectivity index (χ4v) is 4.75. The molecule has 0 aliphatic heterocycles. The molecule has 1 N–H and O–H groups in total. The van der Waals surface area contributed by atoms with E-state index in [1.807, 2.05) is 0 Å². The van der Waals surface area contributed by atoms with E-state index in [0.29, 0.717) is 29.6 Å². The van der Waals surface area contributed by atoms with Crippen molar-refractivity contribution in [3.63, 3.8) is 0 Å². The lowest BCUT2D eigenvalue weighted by Gasteiger charge is -2.12. The molecule has 0 saturated heterocycles. The zero-order chi connectivity index (χ0) is 18.9. The number of carboxylic acids is 1. The minimum Gasteiger partial charge on any atom is -0.481 e. The highest BCUT2D eigenvalue weighted by molar-refractivity contribution is 14.1. The summed E-state index contributed by atoms with van der Waals surface area (Å²) >= 11 is 8.03. The molecule has 0 spiro atoms. The van der Waals surface area contributed by atoms with Crippen LogP contribution in [-0.4, -0.2) is 28.5 Å². The molecule has 0 bridgehead atoms. The van der Waals surface area contributed by atoms with Gasteiger partial charge in [0.25, 0.3) is 10.0 Å². The first-order valence-electron chi connectivity index (χ1n) is 7.69. The van der Waals surface area contributed by atoms with Crippen molar-refractivity contribution in [1.82, 2.24) is 8.96 Å². The summed E-state index contributed by atoms with van der Waals surface area (Å²) in [6.07, 6.45) is 0.574. The lowest BCUT2D eigenvalue weighted by molar-refractivity contribution is -0.137. The predicted molar refractivity (Wildman–Crippen MR) is 107 cm³/mol. The second-order valence-corrected chi connectivity index (χ2v) is 9.06. The number of carbonyl (C=O) groups is 1. The second kappa shape index (κ2) is 7.53. The zero-order valence-corrected chi connectivity index (χ0v) is 17.1. The fraction of sp³-hybridized carbons (Fsp3) is 0.176. The Hall–Kier alpha value is -1.65. The van der Waals surface area contributed by atoms with Gasteiger partial charge in [-0.3, -0.25) is 4.79 Å². The van der Waals surface area contributed by atoms with Crippen molar-refractivity contribution in [2.24, 2.45) is 0 Å². The Morgan fingerprint density at radius 1 is 1.19 bits per heavy atom. The molecule has 0 radical (unpaired) electrons. The first kappa shape index (κ1) is 19.1. The monoisotopic (exact) mass is 504 g/mol. The molecule has 3 aromatic rings. The van der Waals surface area contributed by atoms with Crippen LogP contribution < -0.4 is 0 Å². The highest BCUT2D eigenvalue weighted by Gasteiger charge is 2.23. The summed E-state index contributed by atoms with van der Waals surface area (Å²) in [5.41, 5.74) is 1.35. The summed E-state index contributed by atoms with van der Waals surface area (Å²) in [4.78, 5) is 15.1. The number of rotatable bonds is 6. The van der Waals surface area contributed by atoms with Gasteiger partial charge in [-0.2, -0.15) is 0 Å². The number of pyridine rings is 1. The molecule has 3 rings (SSSR count). The summed E-state index contributed by atoms with van der Waals surface area (Å²) in [5.74, 6) is -0.922. The molecule has 0 unspecified atom stereocenters. The van der Waals surface area contributed by atoms with Crippen molar-refractivity contribution >= 4 is 61.2 Å². The van der Waals surface area contributed by atoms with Gasteiger partial charge >= 0.3 is 5.97 Å². The molecule has 6 nitrogen and oxygen atoms in total. The molecule has 136 valence electrons. The van der Waals surface area contributed by atoms with Gasteiger partial charge in [0.1, 0.15) is 5.15 Å². The van der Waals surface area contributed by atoms with Gasteiger partial charge in [0.05, 0.1) is 15.9 Å². The second-order valence-electron chi connectivity index (χ2n) is 5.64. The van der Waals surface area contributed by atoms with Crippen LogP contribution in [0, 0.1) is 3.57 Å². The van der Waals surface area contributed by atoms with Crippen LogP contribution in [0.4, 0.5) is 0 Å². The van der Waals surface area contributed by atoms with Gasteiger partial charge in [-0.15, -0.1) is 0 Å². The van der Waals surface area contributed by atoms with Crippen molar-refractivity contribution in [2.75, 3.05) is 0 Å². The number of hydrogen-bond donors (Lipinski definition) is 1. The first-order valence-corrected chi connectivity index (χ1v) is 10.6. The number of benzene rings is 1. The van der Waals surface area contributed by atoms with Gasteiger partial charge in [-0.1, -0.05) is 11.6 Å². The maximum absolute atomic E-state index is 13.2.